The molecule has 6 heteroatoms. The van der Waals surface area contributed by atoms with Crippen LogP contribution in [0, 0.1) is 0 Å². The van der Waals surface area contributed by atoms with E-state index in [-0.39, 0.29) is 9.79 Å². The van der Waals surface area contributed by atoms with Crippen molar-refractivity contribution in [1.82, 2.24) is 0 Å². The molecule has 0 heterocycles. The Bertz CT molecular complexity index is 676. The second-order valence-electron chi connectivity index (χ2n) is 3.51. The van der Waals surface area contributed by atoms with Gasteiger partial charge in [0.25, 0.3) is 0 Å². The SMILES string of the molecule is O=S(=O)(c1cccc(Br)c1)c1c(Br)cccc1Br. The van der Waals surface area contributed by atoms with Crippen LogP contribution in [0.2, 0.25) is 0 Å². The second kappa shape index (κ2) is 5.45. The summed E-state index contributed by atoms with van der Waals surface area (Å²) in [5.41, 5.74) is 0. The lowest BCUT2D eigenvalue weighted by Gasteiger charge is -2.09. The minimum absolute atomic E-state index is 0.239. The van der Waals surface area contributed by atoms with Crippen LogP contribution in [-0.2, 0) is 9.84 Å². The first-order valence-corrected chi connectivity index (χ1v) is 8.74. The summed E-state index contributed by atoms with van der Waals surface area (Å²) in [5.74, 6) is 0. The Hall–Kier alpha value is -0.170. The van der Waals surface area contributed by atoms with Gasteiger partial charge in [0.15, 0.2) is 0 Å². The maximum Gasteiger partial charge on any atom is 0.208 e. The highest BCUT2D eigenvalue weighted by molar-refractivity contribution is 9.11. The normalized spacial score (nSPS) is 11.5. The molecule has 0 N–H and O–H groups in total. The first-order chi connectivity index (χ1) is 8.43. The lowest BCUT2D eigenvalue weighted by atomic mass is 10.4. The average Bonchev–Trinajstić information content (AvgIpc) is 2.28. The van der Waals surface area contributed by atoms with Gasteiger partial charge in [-0.2, -0.15) is 0 Å². The van der Waals surface area contributed by atoms with E-state index in [4.69, 9.17) is 0 Å². The summed E-state index contributed by atoms with van der Waals surface area (Å²) in [6.45, 7) is 0. The fourth-order valence-electron chi connectivity index (χ4n) is 1.49. The van der Waals surface area contributed by atoms with E-state index in [1.807, 2.05) is 0 Å². The van der Waals surface area contributed by atoms with Gasteiger partial charge in [-0.25, -0.2) is 8.42 Å². The number of rotatable bonds is 2. The summed E-state index contributed by atoms with van der Waals surface area (Å²) >= 11 is 9.83. The fraction of sp³-hybridized carbons (Fsp3) is 0. The Balaban J connectivity index is 2.70. The van der Waals surface area contributed by atoms with Crippen molar-refractivity contribution in [3.05, 3.63) is 55.9 Å². The van der Waals surface area contributed by atoms with Crippen LogP contribution in [-0.4, -0.2) is 8.42 Å². The smallest absolute Gasteiger partial charge is 0.208 e. The number of benzene rings is 2. The zero-order chi connectivity index (χ0) is 13.3. The quantitative estimate of drug-likeness (QED) is 0.652. The van der Waals surface area contributed by atoms with Gasteiger partial charge < -0.3 is 0 Å². The topological polar surface area (TPSA) is 34.1 Å². The van der Waals surface area contributed by atoms with Crippen LogP contribution in [0.5, 0.6) is 0 Å². The number of hydrogen-bond donors (Lipinski definition) is 0. The molecule has 2 nitrogen and oxygen atoms in total. The molecule has 0 saturated heterocycles. The zero-order valence-electron chi connectivity index (χ0n) is 8.90. The molecule has 0 radical (unpaired) electrons. The van der Waals surface area contributed by atoms with Crippen molar-refractivity contribution in [3.63, 3.8) is 0 Å². The summed E-state index contributed by atoms with van der Waals surface area (Å²) in [7, 11) is -3.55. The van der Waals surface area contributed by atoms with Gasteiger partial charge in [0.1, 0.15) is 4.90 Å². The van der Waals surface area contributed by atoms with Gasteiger partial charge in [-0.3, -0.25) is 0 Å². The lowest BCUT2D eigenvalue weighted by molar-refractivity contribution is 0.595. The van der Waals surface area contributed by atoms with Gasteiger partial charge in [0.05, 0.1) is 4.90 Å². The van der Waals surface area contributed by atoms with E-state index in [9.17, 15) is 8.42 Å². The molecular weight excluding hydrogens is 448 g/mol. The van der Waals surface area contributed by atoms with Crippen molar-refractivity contribution < 1.29 is 8.42 Å². The van der Waals surface area contributed by atoms with Crippen molar-refractivity contribution in [2.45, 2.75) is 9.79 Å². The van der Waals surface area contributed by atoms with Crippen LogP contribution in [0.25, 0.3) is 0 Å². The third kappa shape index (κ3) is 2.71. The van der Waals surface area contributed by atoms with Gasteiger partial charge in [0, 0.05) is 13.4 Å². The Kier molecular flexibility index (Phi) is 4.31. The van der Waals surface area contributed by atoms with Crippen molar-refractivity contribution in [3.8, 4) is 0 Å². The van der Waals surface area contributed by atoms with Crippen molar-refractivity contribution >= 4 is 57.6 Å². The molecule has 2 aromatic carbocycles. The maximum absolute atomic E-state index is 12.5. The summed E-state index contributed by atoms with van der Waals surface area (Å²) in [6.07, 6.45) is 0. The molecule has 0 unspecified atom stereocenters. The Labute approximate surface area is 131 Å². The number of halogens is 3. The summed E-state index contributed by atoms with van der Waals surface area (Å²) in [6, 6.07) is 11.8. The molecule has 0 aliphatic rings. The van der Waals surface area contributed by atoms with Crippen LogP contribution in [0.3, 0.4) is 0 Å². The van der Waals surface area contributed by atoms with Crippen molar-refractivity contribution in [2.24, 2.45) is 0 Å². The van der Waals surface area contributed by atoms with Crippen LogP contribution in [0.4, 0.5) is 0 Å². The van der Waals surface area contributed by atoms with Crippen LogP contribution in [0.15, 0.2) is 65.7 Å². The highest BCUT2D eigenvalue weighted by Crippen LogP contribution is 2.34. The van der Waals surface area contributed by atoms with E-state index in [0.717, 1.165) is 4.47 Å². The molecule has 0 saturated carbocycles. The molecule has 0 aliphatic carbocycles. The largest absolute Gasteiger partial charge is 0.218 e. The predicted octanol–water partition coefficient (Wildman–Crippen LogP) is 4.81. The first-order valence-electron chi connectivity index (χ1n) is 4.87. The average molecular weight is 455 g/mol. The van der Waals surface area contributed by atoms with E-state index in [0.29, 0.717) is 8.95 Å². The summed E-state index contributed by atoms with van der Waals surface area (Å²) in [4.78, 5) is 0.493. The molecule has 0 aliphatic heterocycles. The van der Waals surface area contributed by atoms with Crippen molar-refractivity contribution in [1.29, 1.82) is 0 Å². The van der Waals surface area contributed by atoms with E-state index in [1.54, 1.807) is 42.5 Å². The maximum atomic E-state index is 12.5. The number of sulfone groups is 1. The summed E-state index contributed by atoms with van der Waals surface area (Å²) < 4.78 is 26.9. The monoisotopic (exact) mass is 452 g/mol. The third-order valence-corrected chi connectivity index (χ3v) is 6.49. The van der Waals surface area contributed by atoms with E-state index < -0.39 is 9.84 Å². The van der Waals surface area contributed by atoms with Crippen molar-refractivity contribution in [2.75, 3.05) is 0 Å². The Morgan fingerprint density at radius 1 is 0.833 bits per heavy atom. The van der Waals surface area contributed by atoms with Crippen LogP contribution < -0.4 is 0 Å². The van der Waals surface area contributed by atoms with Gasteiger partial charge in [-0.15, -0.1) is 0 Å². The van der Waals surface area contributed by atoms with E-state index in [1.165, 1.54) is 0 Å². The standard InChI is InChI=1S/C12H7Br3O2S/c13-8-3-1-4-9(7-8)18(16,17)12-10(14)5-2-6-11(12)15/h1-7H. The molecule has 18 heavy (non-hydrogen) atoms. The third-order valence-electron chi connectivity index (χ3n) is 2.29. The van der Waals surface area contributed by atoms with Gasteiger partial charge >= 0.3 is 0 Å². The highest BCUT2D eigenvalue weighted by atomic mass is 79.9. The fourth-order valence-corrected chi connectivity index (χ4v) is 5.74. The molecule has 0 atom stereocenters. The molecule has 2 aromatic rings. The Morgan fingerprint density at radius 3 is 1.94 bits per heavy atom. The highest BCUT2D eigenvalue weighted by Gasteiger charge is 2.23. The molecule has 94 valence electrons. The molecule has 0 aromatic heterocycles. The molecule has 0 amide bonds. The predicted molar refractivity (Wildman–Crippen MR) is 81.4 cm³/mol. The zero-order valence-corrected chi connectivity index (χ0v) is 14.5. The first kappa shape index (κ1) is 14.2. The van der Waals surface area contributed by atoms with Gasteiger partial charge in [-0.1, -0.05) is 28.1 Å². The molecular formula is C12H7Br3O2S. The minimum Gasteiger partial charge on any atom is -0.218 e. The molecule has 0 bridgehead atoms. The Morgan fingerprint density at radius 2 is 1.39 bits per heavy atom. The van der Waals surface area contributed by atoms with E-state index in [2.05, 4.69) is 47.8 Å². The van der Waals surface area contributed by atoms with Gasteiger partial charge in [-0.05, 0) is 62.2 Å². The summed E-state index contributed by atoms with van der Waals surface area (Å²) in [5, 5.41) is 0. The second-order valence-corrected chi connectivity index (χ2v) is 8.02. The molecule has 0 fully saturated rings. The van der Waals surface area contributed by atoms with Gasteiger partial charge in [0.2, 0.25) is 9.84 Å². The van der Waals surface area contributed by atoms with Crippen LogP contribution in [0.1, 0.15) is 0 Å². The number of hydrogen-bond acceptors (Lipinski definition) is 2. The minimum atomic E-state index is -3.55. The van der Waals surface area contributed by atoms with Crippen LogP contribution >= 0.6 is 47.8 Å². The molecule has 2 rings (SSSR count). The lowest BCUT2D eigenvalue weighted by Crippen LogP contribution is -2.04. The van der Waals surface area contributed by atoms with E-state index >= 15 is 0 Å². The molecule has 0 spiro atoms.